The minimum Gasteiger partial charge on any atom is -0.493 e. The van der Waals surface area contributed by atoms with Gasteiger partial charge < -0.3 is 30.2 Å². The van der Waals surface area contributed by atoms with Crippen LogP contribution in [0.5, 0.6) is 17.2 Å². The Bertz CT molecular complexity index is 1840. The van der Waals surface area contributed by atoms with E-state index in [1.165, 1.54) is 18.1 Å². The highest BCUT2D eigenvalue weighted by Gasteiger charge is 2.30. The van der Waals surface area contributed by atoms with E-state index in [4.69, 9.17) is 14.2 Å². The second kappa shape index (κ2) is 17.1. The summed E-state index contributed by atoms with van der Waals surface area (Å²) in [6, 6.07) is 26.6. The average Bonchev–Trinajstić information content (AvgIpc) is 3.39. The van der Waals surface area contributed by atoms with Gasteiger partial charge in [-0.2, -0.15) is 0 Å². The van der Waals surface area contributed by atoms with Gasteiger partial charge in [0, 0.05) is 24.9 Å². The number of hydrogen-bond donors (Lipinski definition) is 3. The number of nitrogens with one attached hydrogen (secondary N) is 3. The third-order valence-corrected chi connectivity index (χ3v) is 9.86. The van der Waals surface area contributed by atoms with Crippen molar-refractivity contribution in [2.24, 2.45) is 5.92 Å². The summed E-state index contributed by atoms with van der Waals surface area (Å²) in [5.74, 6) is 1.12. The lowest BCUT2D eigenvalue weighted by molar-refractivity contribution is -0.123. The number of anilines is 1. The van der Waals surface area contributed by atoms with Crippen molar-refractivity contribution in [1.29, 1.82) is 0 Å². The molecule has 0 fully saturated rings. The molecular formula is C42H49N3O6. The molecule has 4 aromatic rings. The van der Waals surface area contributed by atoms with Crippen LogP contribution in [0.2, 0.25) is 0 Å². The van der Waals surface area contributed by atoms with Crippen molar-refractivity contribution in [3.63, 3.8) is 0 Å². The number of benzene rings is 3. The Balaban J connectivity index is 1.48. The molecule has 0 saturated carbocycles. The van der Waals surface area contributed by atoms with Crippen molar-refractivity contribution in [1.82, 2.24) is 10.6 Å². The summed E-state index contributed by atoms with van der Waals surface area (Å²) in [7, 11) is 4.70. The second-order valence-corrected chi connectivity index (χ2v) is 13.1. The zero-order chi connectivity index (χ0) is 36.5. The lowest BCUT2D eigenvalue weighted by atomic mass is 9.88. The highest BCUT2D eigenvalue weighted by Crippen LogP contribution is 2.50. The van der Waals surface area contributed by atoms with Gasteiger partial charge in [0.05, 0.1) is 33.1 Å². The van der Waals surface area contributed by atoms with Gasteiger partial charge in [-0.3, -0.25) is 14.4 Å². The first-order valence-electron chi connectivity index (χ1n) is 17.6. The Hall–Kier alpha value is -5.31. The summed E-state index contributed by atoms with van der Waals surface area (Å²) in [6.07, 6.45) is 2.59. The van der Waals surface area contributed by atoms with Crippen LogP contribution in [0.4, 0.5) is 5.69 Å². The Labute approximate surface area is 300 Å². The molecule has 0 bridgehead atoms. The van der Waals surface area contributed by atoms with Crippen LogP contribution in [-0.4, -0.2) is 45.7 Å². The van der Waals surface area contributed by atoms with Gasteiger partial charge in [-0.15, -0.1) is 0 Å². The molecule has 268 valence electrons. The Kier molecular flexibility index (Phi) is 12.4. The molecule has 0 aromatic heterocycles. The molecule has 0 radical (unpaired) electrons. The van der Waals surface area contributed by atoms with E-state index in [0.717, 1.165) is 23.1 Å². The van der Waals surface area contributed by atoms with Gasteiger partial charge in [0.15, 0.2) is 11.5 Å². The van der Waals surface area contributed by atoms with Crippen LogP contribution in [0.1, 0.15) is 74.2 Å². The first kappa shape index (κ1) is 37.0. The molecule has 0 unspecified atom stereocenters. The van der Waals surface area contributed by atoms with E-state index in [9.17, 15) is 14.4 Å². The fourth-order valence-electron chi connectivity index (χ4n) is 7.04. The van der Waals surface area contributed by atoms with Crippen molar-refractivity contribution in [3.8, 4) is 28.4 Å². The van der Waals surface area contributed by atoms with E-state index in [0.29, 0.717) is 48.6 Å². The summed E-state index contributed by atoms with van der Waals surface area (Å²) in [5.41, 5.74) is 5.46. The minimum absolute atomic E-state index is 0.0727. The summed E-state index contributed by atoms with van der Waals surface area (Å²) < 4.78 is 17.3. The SMILES string of the molecule is CC[C@@H](C)[C@H](Nc1ccc2c(cc1=O)[C@@H](NC(C)=O)CCc1cc(OC)c(OC)c(OC)c1-2)C(=O)NCCC(c1ccccc1)c1ccccc1. The molecule has 2 amide bonds. The molecule has 51 heavy (non-hydrogen) atoms. The lowest BCUT2D eigenvalue weighted by Crippen LogP contribution is -2.44. The van der Waals surface area contributed by atoms with E-state index in [-0.39, 0.29) is 34.8 Å². The van der Waals surface area contributed by atoms with Crippen molar-refractivity contribution in [2.75, 3.05) is 33.2 Å². The standard InChI is InChI=1S/C42H49N3O6/c1-7-26(2)39(42(48)43-23-22-31(28-14-10-8-11-15-28)29-16-12-9-13-17-29)45-35-21-19-32-33(25-36(35)47)34(44-27(3)46)20-18-30-24-37(49-4)40(50-5)41(51-6)38(30)32/h8-17,19,21,24-26,31,34,39H,7,18,20,22-23H2,1-6H3,(H,43,48)(H,44,46)(H,45,47)/t26-,34+,39+/m1/s1. The predicted molar refractivity (Wildman–Crippen MR) is 202 cm³/mol. The van der Waals surface area contributed by atoms with E-state index >= 15 is 0 Å². The highest BCUT2D eigenvalue weighted by molar-refractivity contribution is 5.86. The molecule has 4 aromatic carbocycles. The molecular weight excluding hydrogens is 642 g/mol. The third-order valence-electron chi connectivity index (χ3n) is 9.86. The highest BCUT2D eigenvalue weighted by atomic mass is 16.5. The number of hydrogen-bond acceptors (Lipinski definition) is 7. The number of ether oxygens (including phenoxy) is 3. The molecule has 1 aliphatic rings. The molecule has 1 aliphatic carbocycles. The van der Waals surface area contributed by atoms with Crippen LogP contribution < -0.4 is 35.6 Å². The number of methoxy groups -OCH3 is 3. The Morgan fingerprint density at radius 2 is 1.51 bits per heavy atom. The average molecular weight is 692 g/mol. The zero-order valence-electron chi connectivity index (χ0n) is 30.4. The van der Waals surface area contributed by atoms with Gasteiger partial charge in [0.25, 0.3) is 0 Å². The van der Waals surface area contributed by atoms with E-state index in [1.54, 1.807) is 33.5 Å². The first-order chi connectivity index (χ1) is 24.7. The maximum absolute atomic E-state index is 14.0. The maximum Gasteiger partial charge on any atom is 0.242 e. The second-order valence-electron chi connectivity index (χ2n) is 13.1. The van der Waals surface area contributed by atoms with Crippen molar-refractivity contribution < 1.29 is 23.8 Å². The summed E-state index contributed by atoms with van der Waals surface area (Å²) in [6.45, 7) is 5.96. The summed E-state index contributed by atoms with van der Waals surface area (Å²) in [4.78, 5) is 40.3. The minimum atomic E-state index is -0.658. The number of carbonyl (C=O) groups is 2. The third kappa shape index (κ3) is 8.36. The van der Waals surface area contributed by atoms with Crippen molar-refractivity contribution in [2.45, 2.75) is 64.5 Å². The van der Waals surface area contributed by atoms with Crippen LogP contribution in [0.15, 0.2) is 89.7 Å². The molecule has 0 aliphatic heterocycles. The number of carbonyl (C=O) groups excluding carboxylic acids is 2. The largest absolute Gasteiger partial charge is 0.493 e. The smallest absolute Gasteiger partial charge is 0.242 e. The Morgan fingerprint density at radius 1 is 0.863 bits per heavy atom. The van der Waals surface area contributed by atoms with Crippen molar-refractivity contribution in [3.05, 3.63) is 117 Å². The maximum atomic E-state index is 14.0. The number of fused-ring (bicyclic) bond motifs is 3. The number of amides is 2. The molecule has 0 heterocycles. The molecule has 3 atom stereocenters. The van der Waals surface area contributed by atoms with Crippen molar-refractivity contribution >= 4 is 17.5 Å². The molecule has 9 nitrogen and oxygen atoms in total. The van der Waals surface area contributed by atoms with Gasteiger partial charge in [-0.1, -0.05) is 87.0 Å². The summed E-state index contributed by atoms with van der Waals surface area (Å²) >= 11 is 0. The van der Waals surface area contributed by atoms with Gasteiger partial charge in [0.1, 0.15) is 6.04 Å². The van der Waals surface area contributed by atoms with Crippen LogP contribution >= 0.6 is 0 Å². The van der Waals surface area contributed by atoms with Gasteiger partial charge in [-0.25, -0.2) is 0 Å². The fourth-order valence-corrected chi connectivity index (χ4v) is 7.04. The van der Waals surface area contributed by atoms with Gasteiger partial charge >= 0.3 is 0 Å². The van der Waals surface area contributed by atoms with Crippen LogP contribution in [-0.2, 0) is 16.0 Å². The Morgan fingerprint density at radius 3 is 2.08 bits per heavy atom. The quantitative estimate of drug-likeness (QED) is 0.130. The lowest BCUT2D eigenvalue weighted by Gasteiger charge is -2.25. The monoisotopic (exact) mass is 691 g/mol. The van der Waals surface area contributed by atoms with E-state index in [2.05, 4.69) is 40.2 Å². The molecule has 3 N–H and O–H groups in total. The van der Waals surface area contributed by atoms with Crippen LogP contribution in [0.25, 0.3) is 11.1 Å². The molecule has 0 saturated heterocycles. The van der Waals surface area contributed by atoms with Gasteiger partial charge in [-0.05, 0) is 71.2 Å². The number of aryl methyl sites for hydroxylation is 1. The fraction of sp³-hybridized carbons (Fsp3) is 0.357. The first-order valence-corrected chi connectivity index (χ1v) is 17.6. The zero-order valence-corrected chi connectivity index (χ0v) is 30.4. The van der Waals surface area contributed by atoms with E-state index < -0.39 is 12.1 Å². The topological polar surface area (TPSA) is 115 Å². The summed E-state index contributed by atoms with van der Waals surface area (Å²) in [5, 5.41) is 9.53. The number of rotatable bonds is 14. The van der Waals surface area contributed by atoms with Crippen LogP contribution in [0.3, 0.4) is 0 Å². The van der Waals surface area contributed by atoms with Gasteiger partial charge in [0.2, 0.25) is 23.0 Å². The predicted octanol–water partition coefficient (Wildman–Crippen LogP) is 7.03. The normalized spacial score (nSPS) is 14.6. The van der Waals surface area contributed by atoms with E-state index in [1.807, 2.05) is 62.4 Å². The molecule has 5 rings (SSSR count). The van der Waals surface area contributed by atoms with Crippen LogP contribution in [0, 0.1) is 5.92 Å². The molecule has 0 spiro atoms. The molecule has 9 heteroatoms.